The molecule has 80 valence electrons. The average Bonchev–Trinajstić information content (AvgIpc) is 2.49. The van der Waals surface area contributed by atoms with Crippen molar-refractivity contribution in [2.45, 2.75) is 38.6 Å². The van der Waals surface area contributed by atoms with Crippen molar-refractivity contribution in [2.75, 3.05) is 6.54 Å². The summed E-state index contributed by atoms with van der Waals surface area (Å²) >= 11 is 0. The lowest BCUT2D eigenvalue weighted by molar-refractivity contribution is -0.130. The molecule has 0 spiro atoms. The van der Waals surface area contributed by atoms with Crippen LogP contribution in [-0.4, -0.2) is 18.5 Å². The van der Waals surface area contributed by atoms with E-state index in [1.807, 2.05) is 6.92 Å². The van der Waals surface area contributed by atoms with Gasteiger partial charge in [-0.2, -0.15) is 0 Å². The molecule has 0 aromatic carbocycles. The normalized spacial score (nSPS) is 31.4. The Labute approximate surface area is 85.7 Å². The number of hydrogen-bond donors (Lipinski definition) is 2. The minimum atomic E-state index is -0.346. The lowest BCUT2D eigenvalue weighted by Gasteiger charge is -2.27. The number of nitrogens with two attached hydrogens (primary N) is 1. The summed E-state index contributed by atoms with van der Waals surface area (Å²) in [4.78, 5) is 11.8. The van der Waals surface area contributed by atoms with E-state index >= 15 is 0 Å². The third kappa shape index (κ3) is 2.15. The zero-order chi connectivity index (χ0) is 10.6. The maximum atomic E-state index is 11.8. The predicted octanol–water partition coefficient (Wildman–Crippen LogP) is 1.20. The summed E-state index contributed by atoms with van der Waals surface area (Å²) < 4.78 is 0. The van der Waals surface area contributed by atoms with E-state index in [1.165, 1.54) is 0 Å². The fraction of sp³-hybridized carbons (Fsp3) is 0.727. The maximum Gasteiger partial charge on any atom is 0.227 e. The Kier molecular flexibility index (Phi) is 3.69. The molecule has 3 heteroatoms. The molecular formula is C11H20N2O. The monoisotopic (exact) mass is 196 g/mol. The highest BCUT2D eigenvalue weighted by Crippen LogP contribution is 2.36. The molecule has 1 amide bonds. The van der Waals surface area contributed by atoms with Crippen molar-refractivity contribution in [1.29, 1.82) is 0 Å². The highest BCUT2D eigenvalue weighted by Gasteiger charge is 2.42. The van der Waals surface area contributed by atoms with E-state index in [1.54, 1.807) is 6.08 Å². The number of hydrogen-bond acceptors (Lipinski definition) is 2. The van der Waals surface area contributed by atoms with E-state index in [4.69, 9.17) is 5.73 Å². The Balaban J connectivity index is 2.46. The van der Waals surface area contributed by atoms with Gasteiger partial charge in [-0.05, 0) is 26.2 Å². The number of amides is 1. The van der Waals surface area contributed by atoms with Crippen molar-refractivity contribution < 1.29 is 4.79 Å². The van der Waals surface area contributed by atoms with Gasteiger partial charge in [-0.15, -0.1) is 6.58 Å². The second-order valence-corrected chi connectivity index (χ2v) is 4.25. The molecule has 0 radical (unpaired) electrons. The molecule has 1 aliphatic carbocycles. The summed E-state index contributed by atoms with van der Waals surface area (Å²) in [7, 11) is 0. The first-order valence-corrected chi connectivity index (χ1v) is 5.26. The van der Waals surface area contributed by atoms with Gasteiger partial charge in [0.25, 0.3) is 0 Å². The van der Waals surface area contributed by atoms with E-state index in [0.29, 0.717) is 6.54 Å². The first-order valence-electron chi connectivity index (χ1n) is 5.26. The van der Waals surface area contributed by atoms with Crippen LogP contribution in [0.15, 0.2) is 12.7 Å². The first kappa shape index (κ1) is 11.2. The van der Waals surface area contributed by atoms with Crippen LogP contribution in [0.25, 0.3) is 0 Å². The second-order valence-electron chi connectivity index (χ2n) is 4.25. The van der Waals surface area contributed by atoms with Crippen molar-refractivity contribution >= 4 is 5.91 Å². The number of rotatable bonds is 4. The van der Waals surface area contributed by atoms with Gasteiger partial charge in [0.1, 0.15) is 0 Å². The lowest BCUT2D eigenvalue weighted by atomic mass is 9.84. The Morgan fingerprint density at radius 2 is 2.50 bits per heavy atom. The van der Waals surface area contributed by atoms with Gasteiger partial charge in [0.05, 0.1) is 5.41 Å². The van der Waals surface area contributed by atoms with Gasteiger partial charge in [0, 0.05) is 12.6 Å². The SMILES string of the molecule is C=CCCNC(=O)C1(C)CCCC1N. The van der Waals surface area contributed by atoms with Crippen molar-refractivity contribution in [3.8, 4) is 0 Å². The van der Waals surface area contributed by atoms with Gasteiger partial charge in [0.15, 0.2) is 0 Å². The molecule has 1 rings (SSSR count). The molecule has 0 saturated heterocycles. The third-order valence-corrected chi connectivity index (χ3v) is 3.18. The lowest BCUT2D eigenvalue weighted by Crippen LogP contribution is -2.47. The van der Waals surface area contributed by atoms with E-state index in [-0.39, 0.29) is 17.4 Å². The summed E-state index contributed by atoms with van der Waals surface area (Å²) in [6.07, 6.45) is 5.56. The fourth-order valence-corrected chi connectivity index (χ4v) is 1.96. The largest absolute Gasteiger partial charge is 0.355 e. The molecule has 1 fully saturated rings. The molecule has 3 N–H and O–H groups in total. The Bertz CT molecular complexity index is 227. The molecule has 2 unspecified atom stereocenters. The summed E-state index contributed by atoms with van der Waals surface area (Å²) in [5, 5.41) is 2.91. The highest BCUT2D eigenvalue weighted by molar-refractivity contribution is 5.83. The Hall–Kier alpha value is -0.830. The van der Waals surface area contributed by atoms with Gasteiger partial charge in [-0.1, -0.05) is 12.5 Å². The van der Waals surface area contributed by atoms with E-state index in [0.717, 1.165) is 25.7 Å². The molecule has 0 aliphatic heterocycles. The minimum Gasteiger partial charge on any atom is -0.355 e. The van der Waals surface area contributed by atoms with Gasteiger partial charge in [-0.3, -0.25) is 4.79 Å². The molecule has 0 aromatic heterocycles. The molecule has 1 aliphatic rings. The van der Waals surface area contributed by atoms with E-state index < -0.39 is 0 Å². The second kappa shape index (κ2) is 4.60. The number of nitrogens with one attached hydrogen (secondary N) is 1. The van der Waals surface area contributed by atoms with Crippen LogP contribution < -0.4 is 11.1 Å². The van der Waals surface area contributed by atoms with E-state index in [9.17, 15) is 4.79 Å². The predicted molar refractivity (Wildman–Crippen MR) is 57.8 cm³/mol. The zero-order valence-corrected chi connectivity index (χ0v) is 8.88. The van der Waals surface area contributed by atoms with Crippen molar-refractivity contribution in [3.05, 3.63) is 12.7 Å². The van der Waals surface area contributed by atoms with Crippen LogP contribution in [0.4, 0.5) is 0 Å². The van der Waals surface area contributed by atoms with Gasteiger partial charge in [-0.25, -0.2) is 0 Å². The zero-order valence-electron chi connectivity index (χ0n) is 8.88. The van der Waals surface area contributed by atoms with Crippen LogP contribution in [0.3, 0.4) is 0 Å². The smallest absolute Gasteiger partial charge is 0.227 e. The Morgan fingerprint density at radius 1 is 1.79 bits per heavy atom. The average molecular weight is 196 g/mol. The topological polar surface area (TPSA) is 55.1 Å². The first-order chi connectivity index (χ1) is 6.61. The molecular weight excluding hydrogens is 176 g/mol. The van der Waals surface area contributed by atoms with Crippen molar-refractivity contribution in [2.24, 2.45) is 11.1 Å². The molecule has 14 heavy (non-hydrogen) atoms. The van der Waals surface area contributed by atoms with Crippen molar-refractivity contribution in [1.82, 2.24) is 5.32 Å². The molecule has 0 aromatic rings. The van der Waals surface area contributed by atoms with Gasteiger partial charge >= 0.3 is 0 Å². The van der Waals surface area contributed by atoms with Crippen LogP contribution >= 0.6 is 0 Å². The summed E-state index contributed by atoms with van der Waals surface area (Å²) in [5.41, 5.74) is 5.59. The maximum absolute atomic E-state index is 11.8. The van der Waals surface area contributed by atoms with Crippen LogP contribution in [0.2, 0.25) is 0 Å². The molecule has 3 nitrogen and oxygen atoms in total. The number of carbonyl (C=O) groups is 1. The van der Waals surface area contributed by atoms with Crippen LogP contribution in [0, 0.1) is 5.41 Å². The molecule has 0 heterocycles. The molecule has 1 saturated carbocycles. The third-order valence-electron chi connectivity index (χ3n) is 3.18. The summed E-state index contributed by atoms with van der Waals surface area (Å²) in [5.74, 6) is 0.101. The Morgan fingerprint density at radius 3 is 3.00 bits per heavy atom. The summed E-state index contributed by atoms with van der Waals surface area (Å²) in [6, 6.07) is 0.0197. The minimum absolute atomic E-state index is 0.0197. The highest BCUT2D eigenvalue weighted by atomic mass is 16.2. The van der Waals surface area contributed by atoms with Crippen LogP contribution in [-0.2, 0) is 4.79 Å². The molecule has 2 atom stereocenters. The quantitative estimate of drug-likeness (QED) is 0.524. The van der Waals surface area contributed by atoms with Crippen LogP contribution in [0.1, 0.15) is 32.6 Å². The van der Waals surface area contributed by atoms with Gasteiger partial charge in [0.2, 0.25) is 5.91 Å². The van der Waals surface area contributed by atoms with Gasteiger partial charge < -0.3 is 11.1 Å². The van der Waals surface area contributed by atoms with Crippen LogP contribution in [0.5, 0.6) is 0 Å². The number of carbonyl (C=O) groups excluding carboxylic acids is 1. The van der Waals surface area contributed by atoms with Crippen molar-refractivity contribution in [3.63, 3.8) is 0 Å². The summed E-state index contributed by atoms with van der Waals surface area (Å²) in [6.45, 7) is 6.25. The fourth-order valence-electron chi connectivity index (χ4n) is 1.96. The molecule has 0 bridgehead atoms. The standard InChI is InChI=1S/C11H20N2O/c1-3-4-8-13-10(14)11(2)7-5-6-9(11)12/h3,9H,1,4-8,12H2,2H3,(H,13,14). The van der Waals surface area contributed by atoms with E-state index in [2.05, 4.69) is 11.9 Å².